The molecule has 4 aromatic rings. The highest BCUT2D eigenvalue weighted by Crippen LogP contribution is 2.44. The molecule has 0 bridgehead atoms. The maximum Gasteiger partial charge on any atom is 0.238 e. The van der Waals surface area contributed by atoms with Crippen LogP contribution in [0.4, 0.5) is 0 Å². The van der Waals surface area contributed by atoms with Gasteiger partial charge in [0, 0.05) is 23.3 Å². The van der Waals surface area contributed by atoms with Gasteiger partial charge in [-0.15, -0.1) is 0 Å². The van der Waals surface area contributed by atoms with Crippen LogP contribution in [0.5, 0.6) is 40.2 Å². The first-order valence-electron chi connectivity index (χ1n) is 13.4. The third-order valence-corrected chi connectivity index (χ3v) is 6.62. The molecule has 3 N–H and O–H groups in total. The van der Waals surface area contributed by atoms with Gasteiger partial charge in [-0.05, 0) is 43.2 Å². The van der Waals surface area contributed by atoms with Gasteiger partial charge in [-0.3, -0.25) is 4.79 Å². The summed E-state index contributed by atoms with van der Waals surface area (Å²) < 4.78 is 35.1. The zero-order valence-electron chi connectivity index (χ0n) is 23.0. The van der Waals surface area contributed by atoms with Crippen LogP contribution in [0.1, 0.15) is 38.4 Å². The van der Waals surface area contributed by atoms with Gasteiger partial charge in [0.15, 0.2) is 41.0 Å². The van der Waals surface area contributed by atoms with Gasteiger partial charge in [-0.2, -0.15) is 0 Å². The summed E-state index contributed by atoms with van der Waals surface area (Å²) in [7, 11) is 1.55. The Morgan fingerprint density at radius 1 is 0.854 bits per heavy atom. The van der Waals surface area contributed by atoms with Crippen LogP contribution in [-0.2, 0) is 0 Å². The molecular formula is C31H32O10. The van der Waals surface area contributed by atoms with Gasteiger partial charge < -0.3 is 43.4 Å². The molecule has 0 saturated heterocycles. The number of aliphatic hydroxyl groups excluding tert-OH is 1. The van der Waals surface area contributed by atoms with Gasteiger partial charge in [0.2, 0.25) is 11.2 Å². The highest BCUT2D eigenvalue weighted by Gasteiger charge is 2.34. The van der Waals surface area contributed by atoms with Crippen molar-refractivity contribution in [1.29, 1.82) is 0 Å². The first-order valence-corrected chi connectivity index (χ1v) is 13.4. The minimum absolute atomic E-state index is 0.0289. The molecule has 0 aliphatic carbocycles. The van der Waals surface area contributed by atoms with Crippen molar-refractivity contribution >= 4 is 11.0 Å². The highest BCUT2D eigenvalue weighted by molar-refractivity contribution is 5.88. The normalized spacial score (nSPS) is 16.0. The van der Waals surface area contributed by atoms with Crippen molar-refractivity contribution in [1.82, 2.24) is 0 Å². The molecule has 216 valence electrons. The van der Waals surface area contributed by atoms with E-state index < -0.39 is 23.4 Å². The Morgan fingerprint density at radius 2 is 1.61 bits per heavy atom. The number of hydrogen-bond acceptors (Lipinski definition) is 10. The van der Waals surface area contributed by atoms with E-state index in [4.69, 9.17) is 28.1 Å². The average Bonchev–Trinajstić information content (AvgIpc) is 2.99. The molecule has 0 radical (unpaired) electrons. The van der Waals surface area contributed by atoms with Crippen molar-refractivity contribution in [3.63, 3.8) is 0 Å². The van der Waals surface area contributed by atoms with E-state index >= 15 is 0 Å². The lowest BCUT2D eigenvalue weighted by Gasteiger charge is -2.33. The zero-order chi connectivity index (χ0) is 29.1. The second-order valence-electron chi connectivity index (χ2n) is 9.57. The quantitative estimate of drug-likeness (QED) is 0.232. The van der Waals surface area contributed by atoms with Crippen molar-refractivity contribution in [3.8, 4) is 51.6 Å². The van der Waals surface area contributed by atoms with Crippen molar-refractivity contribution in [2.24, 2.45) is 0 Å². The number of rotatable bonds is 10. The Bertz CT molecular complexity index is 1610. The molecule has 3 aromatic carbocycles. The number of benzene rings is 3. The number of ether oxygens (including phenoxy) is 5. The molecule has 2 atom stereocenters. The average molecular weight is 565 g/mol. The Morgan fingerprint density at radius 3 is 2.32 bits per heavy atom. The summed E-state index contributed by atoms with van der Waals surface area (Å²) >= 11 is 0. The zero-order valence-corrected chi connectivity index (χ0v) is 23.0. The van der Waals surface area contributed by atoms with Crippen LogP contribution < -0.4 is 29.1 Å². The number of methoxy groups -OCH3 is 1. The number of phenols is 1. The topological polar surface area (TPSA) is 137 Å². The molecule has 2 heterocycles. The third kappa shape index (κ3) is 5.43. The Labute approximate surface area is 236 Å². The minimum Gasteiger partial charge on any atom is -0.508 e. The maximum atomic E-state index is 13.2. The molecule has 0 spiro atoms. The van der Waals surface area contributed by atoms with E-state index in [9.17, 15) is 20.1 Å². The monoisotopic (exact) mass is 564 g/mol. The van der Waals surface area contributed by atoms with Crippen LogP contribution in [0, 0.1) is 0 Å². The fourth-order valence-electron chi connectivity index (χ4n) is 4.67. The lowest BCUT2D eigenvalue weighted by Crippen LogP contribution is -2.36. The van der Waals surface area contributed by atoms with Crippen LogP contribution in [0.3, 0.4) is 0 Å². The van der Waals surface area contributed by atoms with Crippen molar-refractivity contribution in [3.05, 3.63) is 64.3 Å². The van der Waals surface area contributed by atoms with Crippen LogP contribution >= 0.6 is 0 Å². The fourth-order valence-corrected chi connectivity index (χ4v) is 4.67. The predicted molar refractivity (Wildman–Crippen MR) is 151 cm³/mol. The van der Waals surface area contributed by atoms with E-state index in [1.807, 2.05) is 19.9 Å². The smallest absolute Gasteiger partial charge is 0.238 e. The fraction of sp³-hybridized carbons (Fsp3) is 0.323. The van der Waals surface area contributed by atoms with Crippen molar-refractivity contribution in [2.75, 3.05) is 26.9 Å². The number of phenolic OH excluding ortho intramolecular Hbond substituents is 1. The summed E-state index contributed by atoms with van der Waals surface area (Å²) in [5.74, 6) is 1.05. The lowest BCUT2D eigenvalue weighted by molar-refractivity contribution is -0.0123. The molecular weight excluding hydrogens is 532 g/mol. The molecule has 0 fully saturated rings. The Hall–Kier alpha value is -4.57. The van der Waals surface area contributed by atoms with Gasteiger partial charge in [0.1, 0.15) is 22.5 Å². The van der Waals surface area contributed by atoms with E-state index in [0.29, 0.717) is 53.8 Å². The second kappa shape index (κ2) is 11.9. The van der Waals surface area contributed by atoms with E-state index in [-0.39, 0.29) is 34.8 Å². The molecule has 10 heteroatoms. The van der Waals surface area contributed by atoms with E-state index in [1.165, 1.54) is 12.1 Å². The SMILES string of the molecule is CCCOc1ccc(C2Oc3cc(-c4oc5cc(O)cc(OCCC)c5c(=O)c4O)ccc3OC2CO)cc1OC. The summed E-state index contributed by atoms with van der Waals surface area (Å²) in [5, 5.41) is 31.2. The second-order valence-corrected chi connectivity index (χ2v) is 9.57. The van der Waals surface area contributed by atoms with Gasteiger partial charge in [-0.1, -0.05) is 19.9 Å². The van der Waals surface area contributed by atoms with Gasteiger partial charge >= 0.3 is 0 Å². The number of aliphatic hydroxyl groups is 1. The van der Waals surface area contributed by atoms with E-state index in [2.05, 4.69) is 0 Å². The van der Waals surface area contributed by atoms with E-state index in [0.717, 1.165) is 6.42 Å². The molecule has 0 saturated carbocycles. The largest absolute Gasteiger partial charge is 0.508 e. The third-order valence-electron chi connectivity index (χ3n) is 6.62. The molecule has 1 aromatic heterocycles. The van der Waals surface area contributed by atoms with Crippen molar-refractivity contribution in [2.45, 2.75) is 38.9 Å². The summed E-state index contributed by atoms with van der Waals surface area (Å²) in [6.07, 6.45) is 0.116. The van der Waals surface area contributed by atoms with E-state index in [1.54, 1.807) is 37.4 Å². The van der Waals surface area contributed by atoms with Gasteiger partial charge in [-0.25, -0.2) is 0 Å². The number of aromatic hydroxyl groups is 2. The highest BCUT2D eigenvalue weighted by atomic mass is 16.6. The van der Waals surface area contributed by atoms with Crippen LogP contribution in [0.2, 0.25) is 0 Å². The first kappa shape index (κ1) is 28.0. The first-order chi connectivity index (χ1) is 19.9. The van der Waals surface area contributed by atoms with Crippen LogP contribution in [-0.4, -0.2) is 48.4 Å². The summed E-state index contributed by atoms with van der Waals surface area (Å²) in [4.78, 5) is 13.2. The number of hydrogen-bond donors (Lipinski definition) is 3. The molecule has 1 aliphatic rings. The maximum absolute atomic E-state index is 13.2. The Kier molecular flexibility index (Phi) is 8.11. The standard InChI is InChI=1S/C31H32O10/c1-4-10-37-20-8-6-17(12-22(20)36-3)30-26(16-32)39-21-9-7-18(13-23(21)40-30)31-29(35)28(34)27-24(38-11-5-2)14-19(33)15-25(27)41-31/h6-9,12-15,26,30,32-33,35H,4-5,10-11,16H2,1-3H3. The molecule has 41 heavy (non-hydrogen) atoms. The molecule has 0 amide bonds. The molecule has 1 aliphatic heterocycles. The minimum atomic E-state index is -0.711. The van der Waals surface area contributed by atoms with Gasteiger partial charge in [0.25, 0.3) is 0 Å². The molecule has 2 unspecified atom stereocenters. The summed E-state index contributed by atoms with van der Waals surface area (Å²) in [6.45, 7) is 4.47. The summed E-state index contributed by atoms with van der Waals surface area (Å²) in [5.41, 5.74) is 0.388. The van der Waals surface area contributed by atoms with Crippen LogP contribution in [0.25, 0.3) is 22.3 Å². The van der Waals surface area contributed by atoms with Crippen LogP contribution in [0.15, 0.2) is 57.7 Å². The van der Waals surface area contributed by atoms with Crippen molar-refractivity contribution < 1.29 is 43.4 Å². The number of fused-ring (bicyclic) bond motifs is 2. The lowest BCUT2D eigenvalue weighted by atomic mass is 10.0. The Balaban J connectivity index is 1.53. The molecule has 10 nitrogen and oxygen atoms in total. The summed E-state index contributed by atoms with van der Waals surface area (Å²) in [6, 6.07) is 12.8. The predicted octanol–water partition coefficient (Wildman–Crippen LogP) is 5.33. The molecule has 5 rings (SSSR count). The van der Waals surface area contributed by atoms with Gasteiger partial charge in [0.05, 0.1) is 26.9 Å².